The van der Waals surface area contributed by atoms with E-state index >= 15 is 0 Å². The fourth-order valence-electron chi connectivity index (χ4n) is 3.95. The number of hydrogen-bond acceptors (Lipinski definition) is 8. The zero-order valence-corrected chi connectivity index (χ0v) is 19.7. The topological polar surface area (TPSA) is 123 Å². The second-order valence-electron chi connectivity index (χ2n) is 8.93. The van der Waals surface area contributed by atoms with Crippen LogP contribution >= 0.6 is 0 Å². The van der Waals surface area contributed by atoms with E-state index in [4.69, 9.17) is 9.47 Å². The maximum absolute atomic E-state index is 13.2. The van der Waals surface area contributed by atoms with Crippen LogP contribution in [0.3, 0.4) is 0 Å². The summed E-state index contributed by atoms with van der Waals surface area (Å²) in [4.78, 5) is 43.7. The Morgan fingerprint density at radius 3 is 2.39 bits per heavy atom. The Labute approximate surface area is 191 Å². The first-order valence-electron chi connectivity index (χ1n) is 10.5. The molecule has 0 aliphatic carbocycles. The molecule has 10 nitrogen and oxygen atoms in total. The predicted molar refractivity (Wildman–Crippen MR) is 117 cm³/mol. The minimum absolute atomic E-state index is 0.00408. The molecule has 0 atom stereocenters. The molecule has 33 heavy (non-hydrogen) atoms. The molecule has 2 aromatic rings. The first kappa shape index (κ1) is 23.3. The second kappa shape index (κ2) is 8.15. The fourth-order valence-corrected chi connectivity index (χ4v) is 5.39. The Morgan fingerprint density at radius 2 is 1.76 bits per heavy atom. The maximum Gasteiger partial charge on any atom is 0.326 e. The fraction of sp³-hybridized carbons (Fsp3) is 0.455. The highest BCUT2D eigenvalue weighted by molar-refractivity contribution is 7.89. The zero-order chi connectivity index (χ0) is 24.1. The minimum Gasteiger partial charge on any atom is -0.459 e. The Hall–Kier alpha value is -2.89. The van der Waals surface area contributed by atoms with Crippen LogP contribution in [0.4, 0.5) is 0 Å². The van der Waals surface area contributed by atoms with E-state index in [1.54, 1.807) is 27.7 Å². The molecule has 1 aromatic heterocycles. The van der Waals surface area contributed by atoms with Crippen LogP contribution in [0.2, 0.25) is 0 Å². The number of sulfonamides is 1. The standard InChI is InChI=1S/C22H25N3O7S/c1-13-18-19(21(28)25(20(18)27)12-17(26)32-22(2,3)4)15-11-14(5-6-16(15)23-13)33(29,30)24-7-9-31-10-8-24/h5-6,11H,7-10,12H2,1-4H3. The van der Waals surface area contributed by atoms with Gasteiger partial charge in [-0.05, 0) is 45.9 Å². The van der Waals surface area contributed by atoms with Gasteiger partial charge in [0, 0.05) is 18.5 Å². The highest BCUT2D eigenvalue weighted by Gasteiger charge is 2.41. The van der Waals surface area contributed by atoms with Crippen molar-refractivity contribution in [2.24, 2.45) is 0 Å². The molecule has 3 heterocycles. The summed E-state index contributed by atoms with van der Waals surface area (Å²) in [7, 11) is -3.82. The minimum atomic E-state index is -3.82. The van der Waals surface area contributed by atoms with Crippen molar-refractivity contribution >= 4 is 38.7 Å². The number of carbonyl (C=O) groups is 3. The number of hydrogen-bond donors (Lipinski definition) is 0. The summed E-state index contributed by atoms with van der Waals surface area (Å²) in [6, 6.07) is 4.32. The Morgan fingerprint density at radius 1 is 1.12 bits per heavy atom. The first-order valence-corrected chi connectivity index (χ1v) is 11.9. The molecule has 0 spiro atoms. The van der Waals surface area contributed by atoms with E-state index in [1.807, 2.05) is 0 Å². The maximum atomic E-state index is 13.2. The van der Waals surface area contributed by atoms with Gasteiger partial charge < -0.3 is 9.47 Å². The summed E-state index contributed by atoms with van der Waals surface area (Å²) in [6.07, 6.45) is 0. The van der Waals surface area contributed by atoms with Crippen LogP contribution in [0.5, 0.6) is 0 Å². The quantitative estimate of drug-likeness (QED) is 0.482. The third-order valence-corrected chi connectivity index (χ3v) is 7.27. The SMILES string of the molecule is Cc1nc2ccc(S(=O)(=O)N3CCOCC3)cc2c2c1C(=O)N(CC(=O)OC(C)(C)C)C2=O. The summed E-state index contributed by atoms with van der Waals surface area (Å²) in [5, 5.41) is 0.245. The van der Waals surface area contributed by atoms with E-state index in [1.165, 1.54) is 22.5 Å². The van der Waals surface area contributed by atoms with Crippen molar-refractivity contribution in [1.82, 2.24) is 14.2 Å². The molecule has 0 bridgehead atoms. The van der Waals surface area contributed by atoms with Crippen LogP contribution in [0, 0.1) is 6.92 Å². The molecule has 1 aromatic carbocycles. The molecule has 0 N–H and O–H groups in total. The van der Waals surface area contributed by atoms with Crippen LogP contribution in [-0.2, 0) is 24.3 Å². The number of morpholine rings is 1. The predicted octanol–water partition coefficient (Wildman–Crippen LogP) is 1.50. The number of pyridine rings is 1. The number of carbonyl (C=O) groups excluding carboxylic acids is 3. The summed E-state index contributed by atoms with van der Waals surface area (Å²) >= 11 is 0. The number of benzene rings is 1. The molecule has 2 aliphatic heterocycles. The molecule has 1 saturated heterocycles. The molecule has 176 valence electrons. The van der Waals surface area contributed by atoms with Gasteiger partial charge in [-0.3, -0.25) is 24.3 Å². The van der Waals surface area contributed by atoms with Gasteiger partial charge in [-0.1, -0.05) is 0 Å². The van der Waals surface area contributed by atoms with Gasteiger partial charge in [0.25, 0.3) is 11.8 Å². The summed E-state index contributed by atoms with van der Waals surface area (Å²) < 4.78 is 38.0. The van der Waals surface area contributed by atoms with Crippen LogP contribution in [0.15, 0.2) is 23.1 Å². The number of amides is 2. The lowest BCUT2D eigenvalue weighted by Gasteiger charge is -2.26. The van der Waals surface area contributed by atoms with E-state index in [-0.39, 0.29) is 34.5 Å². The van der Waals surface area contributed by atoms with E-state index in [0.29, 0.717) is 24.4 Å². The van der Waals surface area contributed by atoms with Gasteiger partial charge >= 0.3 is 5.97 Å². The summed E-state index contributed by atoms with van der Waals surface area (Å²) in [5.41, 5.74) is 0.0451. The van der Waals surface area contributed by atoms with Crippen molar-refractivity contribution in [3.8, 4) is 0 Å². The van der Waals surface area contributed by atoms with E-state index < -0.39 is 40.0 Å². The monoisotopic (exact) mass is 475 g/mol. The normalized spacial score (nSPS) is 17.5. The third kappa shape index (κ3) is 4.23. The lowest BCUT2D eigenvalue weighted by atomic mass is 10.0. The lowest BCUT2D eigenvalue weighted by molar-refractivity contribution is -0.155. The van der Waals surface area contributed by atoms with Crippen molar-refractivity contribution in [2.45, 2.75) is 38.2 Å². The number of aromatic nitrogens is 1. The number of fused-ring (bicyclic) bond motifs is 3. The first-order chi connectivity index (χ1) is 15.4. The Balaban J connectivity index is 1.76. The number of esters is 1. The van der Waals surface area contributed by atoms with Crippen molar-refractivity contribution < 1.29 is 32.3 Å². The van der Waals surface area contributed by atoms with Gasteiger partial charge in [-0.2, -0.15) is 4.31 Å². The van der Waals surface area contributed by atoms with Gasteiger partial charge in [0.1, 0.15) is 12.1 Å². The number of aryl methyl sites for hydroxylation is 1. The smallest absolute Gasteiger partial charge is 0.326 e. The highest BCUT2D eigenvalue weighted by atomic mass is 32.2. The van der Waals surface area contributed by atoms with Crippen molar-refractivity contribution in [2.75, 3.05) is 32.8 Å². The molecular formula is C22H25N3O7S. The summed E-state index contributed by atoms with van der Waals surface area (Å²) in [5.74, 6) is -2.06. The Bertz CT molecular complexity index is 1280. The molecule has 2 aliphatic rings. The largest absolute Gasteiger partial charge is 0.459 e. The van der Waals surface area contributed by atoms with Crippen molar-refractivity contribution in [1.29, 1.82) is 0 Å². The Kier molecular flexibility index (Phi) is 5.75. The molecule has 0 unspecified atom stereocenters. The molecule has 0 radical (unpaired) electrons. The number of rotatable bonds is 4. The van der Waals surface area contributed by atoms with Crippen LogP contribution in [0.1, 0.15) is 47.2 Å². The zero-order valence-electron chi connectivity index (χ0n) is 18.9. The van der Waals surface area contributed by atoms with E-state index in [0.717, 1.165) is 4.90 Å². The number of ether oxygens (including phenoxy) is 2. The highest BCUT2D eigenvalue weighted by Crippen LogP contribution is 2.33. The van der Waals surface area contributed by atoms with Crippen LogP contribution < -0.4 is 0 Å². The molecular weight excluding hydrogens is 450 g/mol. The van der Waals surface area contributed by atoms with Gasteiger partial charge in [-0.15, -0.1) is 0 Å². The molecule has 4 rings (SSSR count). The molecule has 2 amide bonds. The van der Waals surface area contributed by atoms with E-state index in [9.17, 15) is 22.8 Å². The lowest BCUT2D eigenvalue weighted by Crippen LogP contribution is -2.40. The van der Waals surface area contributed by atoms with Crippen molar-refractivity contribution in [3.63, 3.8) is 0 Å². The molecule has 11 heteroatoms. The van der Waals surface area contributed by atoms with Gasteiger partial charge in [-0.25, -0.2) is 8.42 Å². The van der Waals surface area contributed by atoms with Crippen molar-refractivity contribution in [3.05, 3.63) is 35.0 Å². The average molecular weight is 476 g/mol. The summed E-state index contributed by atoms with van der Waals surface area (Å²) in [6.45, 7) is 7.17. The van der Waals surface area contributed by atoms with Gasteiger partial charge in [0.15, 0.2) is 0 Å². The van der Waals surface area contributed by atoms with Crippen LogP contribution in [-0.4, -0.2) is 78.8 Å². The number of nitrogens with zero attached hydrogens (tertiary/aromatic N) is 3. The van der Waals surface area contributed by atoms with E-state index in [2.05, 4.69) is 4.98 Å². The molecule has 0 saturated carbocycles. The third-order valence-electron chi connectivity index (χ3n) is 5.37. The van der Waals surface area contributed by atoms with Gasteiger partial charge in [0.2, 0.25) is 10.0 Å². The second-order valence-corrected chi connectivity index (χ2v) is 10.9. The average Bonchev–Trinajstić information content (AvgIpc) is 2.98. The van der Waals surface area contributed by atoms with Crippen LogP contribution in [0.25, 0.3) is 10.9 Å². The van der Waals surface area contributed by atoms with Gasteiger partial charge in [0.05, 0.1) is 40.4 Å². The number of imide groups is 1. The molecule has 1 fully saturated rings.